The van der Waals surface area contributed by atoms with Gasteiger partial charge in [0.1, 0.15) is 0 Å². The first-order valence-electron chi connectivity index (χ1n) is 13.8. The third-order valence-electron chi connectivity index (χ3n) is 13.8. The third kappa shape index (κ3) is 2.34. The molecule has 176 valence electrons. The van der Waals surface area contributed by atoms with Gasteiger partial charge in [0, 0.05) is 10.8 Å². The summed E-state index contributed by atoms with van der Waals surface area (Å²) < 4.78 is 5.80. The van der Waals surface area contributed by atoms with Crippen LogP contribution in [0.15, 0.2) is 0 Å². The summed E-state index contributed by atoms with van der Waals surface area (Å²) in [5.41, 5.74) is 0.815. The predicted molar refractivity (Wildman–Crippen MR) is 126 cm³/mol. The van der Waals surface area contributed by atoms with Crippen LogP contribution in [0.3, 0.4) is 0 Å². The van der Waals surface area contributed by atoms with Gasteiger partial charge in [-0.25, -0.2) is 0 Å². The van der Waals surface area contributed by atoms with Crippen LogP contribution < -0.4 is 0 Å². The second kappa shape index (κ2) is 6.12. The van der Waals surface area contributed by atoms with Crippen LogP contribution in [0.4, 0.5) is 0 Å². The highest BCUT2D eigenvalue weighted by Gasteiger charge is 2.76. The topological polar surface area (TPSA) is 32.8 Å². The molecule has 10 atom stereocenters. The van der Waals surface area contributed by atoms with Gasteiger partial charge in [0.25, 0.3) is 0 Å². The van der Waals surface area contributed by atoms with Crippen LogP contribution in [-0.2, 0) is 4.74 Å². The second-order valence-electron chi connectivity index (χ2n) is 14.8. The van der Waals surface area contributed by atoms with E-state index in [0.717, 1.165) is 24.9 Å². The number of aliphatic hydroxyl groups is 1. The zero-order valence-corrected chi connectivity index (χ0v) is 21.2. The molecule has 2 heteroatoms. The van der Waals surface area contributed by atoms with Crippen LogP contribution in [0.5, 0.6) is 0 Å². The highest BCUT2D eigenvalue weighted by Crippen LogP contribution is 2.79. The lowest BCUT2D eigenvalue weighted by atomic mass is 9.30. The molecule has 5 saturated carbocycles. The molecular formula is C29H48O2. The fourth-order valence-corrected chi connectivity index (χ4v) is 12.0. The molecule has 6 rings (SSSR count). The zero-order chi connectivity index (χ0) is 22.1. The molecule has 1 aliphatic heterocycles. The van der Waals surface area contributed by atoms with Crippen molar-refractivity contribution in [2.24, 2.45) is 50.7 Å². The van der Waals surface area contributed by atoms with Gasteiger partial charge >= 0.3 is 0 Å². The Morgan fingerprint density at radius 2 is 1.39 bits per heavy atom. The van der Waals surface area contributed by atoms with Crippen molar-refractivity contribution >= 4 is 0 Å². The molecule has 0 aromatic carbocycles. The number of hydrogen-bond donors (Lipinski definition) is 1. The molecular weight excluding hydrogens is 380 g/mol. The molecule has 0 amide bonds. The van der Waals surface area contributed by atoms with E-state index < -0.39 is 5.60 Å². The molecule has 0 aromatic rings. The predicted octanol–water partition coefficient (Wildman–Crippen LogP) is 6.99. The molecule has 31 heavy (non-hydrogen) atoms. The fraction of sp³-hybridized carbons (Fsp3) is 1.00. The molecule has 0 radical (unpaired) electrons. The second-order valence-corrected chi connectivity index (χ2v) is 14.8. The lowest BCUT2D eigenvalue weighted by molar-refractivity contribution is -0.312. The van der Waals surface area contributed by atoms with Crippen LogP contribution in [0.25, 0.3) is 0 Å². The van der Waals surface area contributed by atoms with Crippen LogP contribution >= 0.6 is 0 Å². The maximum Gasteiger partial charge on any atom is 0.0840 e. The first-order chi connectivity index (χ1) is 14.4. The van der Waals surface area contributed by atoms with Crippen molar-refractivity contribution in [3.63, 3.8) is 0 Å². The summed E-state index contributed by atoms with van der Waals surface area (Å²) in [7, 11) is 0. The minimum absolute atomic E-state index is 0.0447. The summed E-state index contributed by atoms with van der Waals surface area (Å²) in [5, 5.41) is 12.8. The summed E-state index contributed by atoms with van der Waals surface area (Å²) in [6, 6.07) is 0. The molecule has 1 saturated heterocycles. The Kier molecular flexibility index (Phi) is 4.24. The fourth-order valence-electron chi connectivity index (χ4n) is 12.0. The van der Waals surface area contributed by atoms with E-state index in [0.29, 0.717) is 28.8 Å². The molecule has 6 aliphatic rings. The van der Waals surface area contributed by atoms with E-state index in [4.69, 9.17) is 4.74 Å². The quantitative estimate of drug-likeness (QED) is 0.456. The zero-order valence-electron chi connectivity index (χ0n) is 21.2. The SMILES string of the molecule is CC1(C)CCC[C@@]2(C)C1CC[C@]1(C)[C@@H]2CC[C@@]2(O)[C@@]1(C)CCC1[C@@H](C3CO3)CC[C@@]12C. The minimum atomic E-state index is -0.509. The van der Waals surface area contributed by atoms with Crippen LogP contribution in [0.2, 0.25) is 0 Å². The van der Waals surface area contributed by atoms with Gasteiger partial charge in [-0.1, -0.05) is 48.0 Å². The van der Waals surface area contributed by atoms with Crippen LogP contribution in [0, 0.1) is 50.7 Å². The lowest BCUT2D eigenvalue weighted by Gasteiger charge is -2.75. The Labute approximate surface area is 191 Å². The van der Waals surface area contributed by atoms with Crippen LogP contribution in [-0.4, -0.2) is 23.4 Å². The van der Waals surface area contributed by atoms with Gasteiger partial charge in [0.15, 0.2) is 0 Å². The van der Waals surface area contributed by atoms with Crippen molar-refractivity contribution < 1.29 is 9.84 Å². The maximum atomic E-state index is 12.8. The number of epoxide rings is 1. The molecule has 0 bridgehead atoms. The summed E-state index contributed by atoms with van der Waals surface area (Å²) in [6.45, 7) is 16.5. The van der Waals surface area contributed by atoms with Gasteiger partial charge in [0.2, 0.25) is 0 Å². The van der Waals surface area contributed by atoms with E-state index in [1.165, 1.54) is 64.2 Å². The van der Waals surface area contributed by atoms with E-state index in [9.17, 15) is 5.11 Å². The number of fused-ring (bicyclic) bond motifs is 7. The molecule has 0 aromatic heterocycles. The first kappa shape index (κ1) is 21.5. The number of hydrogen-bond acceptors (Lipinski definition) is 2. The standard InChI is InChI=1S/C29H48O2/c1-24(2)12-7-13-25(3)22(24)10-15-27(5)23(25)11-17-29(30)26(4)14-8-19(21-18-31-21)20(26)9-16-28(27,29)6/h19-23,30H,7-18H2,1-6H3/t19-,20?,21?,22?,23+,25-,26-,27+,28-,29-/m0/s1. The number of ether oxygens (including phenoxy) is 1. The average Bonchev–Trinajstić information content (AvgIpc) is 3.46. The van der Waals surface area contributed by atoms with Crippen molar-refractivity contribution in [2.75, 3.05) is 6.61 Å². The third-order valence-corrected chi connectivity index (χ3v) is 13.8. The van der Waals surface area contributed by atoms with Gasteiger partial charge in [0.05, 0.1) is 18.3 Å². The molecule has 5 aliphatic carbocycles. The van der Waals surface area contributed by atoms with E-state index in [1.807, 2.05) is 0 Å². The lowest BCUT2D eigenvalue weighted by Crippen LogP contribution is -2.73. The van der Waals surface area contributed by atoms with E-state index in [-0.39, 0.29) is 16.2 Å². The first-order valence-corrected chi connectivity index (χ1v) is 13.8. The Morgan fingerprint density at radius 3 is 2.10 bits per heavy atom. The molecule has 2 nitrogen and oxygen atoms in total. The average molecular weight is 429 g/mol. The van der Waals surface area contributed by atoms with Crippen molar-refractivity contribution in [3.8, 4) is 0 Å². The van der Waals surface area contributed by atoms with Crippen LogP contribution in [0.1, 0.15) is 112 Å². The monoisotopic (exact) mass is 428 g/mol. The largest absolute Gasteiger partial charge is 0.389 e. The van der Waals surface area contributed by atoms with Gasteiger partial charge in [-0.15, -0.1) is 0 Å². The van der Waals surface area contributed by atoms with Crippen molar-refractivity contribution in [3.05, 3.63) is 0 Å². The molecule has 1 N–H and O–H groups in total. The Bertz CT molecular complexity index is 771. The normalized spacial score (nSPS) is 62.2. The Morgan fingerprint density at radius 1 is 0.710 bits per heavy atom. The highest BCUT2D eigenvalue weighted by molar-refractivity contribution is 5.25. The number of rotatable bonds is 1. The van der Waals surface area contributed by atoms with Crippen molar-refractivity contribution in [1.82, 2.24) is 0 Å². The van der Waals surface area contributed by atoms with Gasteiger partial charge in [-0.2, -0.15) is 0 Å². The van der Waals surface area contributed by atoms with Gasteiger partial charge < -0.3 is 9.84 Å². The summed E-state index contributed by atoms with van der Waals surface area (Å²) >= 11 is 0. The maximum absolute atomic E-state index is 12.8. The Balaban J connectivity index is 1.41. The minimum Gasteiger partial charge on any atom is -0.389 e. The molecule has 3 unspecified atom stereocenters. The Hall–Kier alpha value is -0.0800. The summed E-state index contributed by atoms with van der Waals surface area (Å²) in [4.78, 5) is 0. The molecule has 0 spiro atoms. The molecule has 6 fully saturated rings. The summed E-state index contributed by atoms with van der Waals surface area (Å²) in [6.07, 6.45) is 14.7. The van der Waals surface area contributed by atoms with E-state index in [1.54, 1.807) is 0 Å². The van der Waals surface area contributed by atoms with Gasteiger partial charge in [-0.3, -0.25) is 0 Å². The summed E-state index contributed by atoms with van der Waals surface area (Å²) in [5.74, 6) is 3.00. The van der Waals surface area contributed by atoms with Gasteiger partial charge in [-0.05, 0) is 104 Å². The smallest absolute Gasteiger partial charge is 0.0840 e. The van der Waals surface area contributed by atoms with E-state index in [2.05, 4.69) is 41.5 Å². The highest BCUT2D eigenvalue weighted by atomic mass is 16.6. The van der Waals surface area contributed by atoms with E-state index >= 15 is 0 Å². The van der Waals surface area contributed by atoms with Crippen molar-refractivity contribution in [1.29, 1.82) is 0 Å². The molecule has 1 heterocycles. The van der Waals surface area contributed by atoms with Crippen molar-refractivity contribution in [2.45, 2.75) is 124 Å².